The van der Waals surface area contributed by atoms with Gasteiger partial charge in [0.15, 0.2) is 0 Å². The first-order valence-electron chi connectivity index (χ1n) is 12.6. The molecule has 2 aliphatic rings. The summed E-state index contributed by atoms with van der Waals surface area (Å²) in [5, 5.41) is 7.77. The predicted molar refractivity (Wildman–Crippen MR) is 137 cm³/mol. The predicted octanol–water partition coefficient (Wildman–Crippen LogP) is 4.09. The molecule has 1 unspecified atom stereocenters. The maximum absolute atomic E-state index is 12.8. The van der Waals surface area contributed by atoms with Gasteiger partial charge in [0.2, 0.25) is 5.91 Å². The van der Waals surface area contributed by atoms with Gasteiger partial charge in [0.25, 0.3) is 5.91 Å². The zero-order chi connectivity index (χ0) is 24.2. The van der Waals surface area contributed by atoms with Crippen LogP contribution < -0.4 is 10.2 Å². The Balaban J connectivity index is 1.20. The monoisotopic (exact) mass is 471 g/mol. The molecule has 7 nitrogen and oxygen atoms in total. The topological polar surface area (TPSA) is 70.5 Å². The lowest BCUT2D eigenvalue weighted by Gasteiger charge is -2.27. The van der Waals surface area contributed by atoms with Crippen molar-refractivity contribution < 1.29 is 9.59 Å². The van der Waals surface area contributed by atoms with Gasteiger partial charge in [0.1, 0.15) is 5.82 Å². The molecule has 3 aromatic rings. The summed E-state index contributed by atoms with van der Waals surface area (Å²) >= 11 is 0. The van der Waals surface area contributed by atoms with Crippen LogP contribution >= 0.6 is 0 Å². The summed E-state index contributed by atoms with van der Waals surface area (Å²) in [5.74, 6) is 0.852. The third-order valence-electron chi connectivity index (χ3n) is 7.11. The minimum atomic E-state index is -0.0511. The summed E-state index contributed by atoms with van der Waals surface area (Å²) in [6, 6.07) is 20.0. The average Bonchev–Trinajstić information content (AvgIpc) is 3.57. The SMILES string of the molecule is CC(CCNC(=O)c1ccc(CN2C(=O)CCn3nc(-c4ccccc4)cc32)cc1)N1CCCC1. The highest BCUT2D eigenvalue weighted by atomic mass is 16.2. The van der Waals surface area contributed by atoms with Crippen LogP contribution in [-0.4, -0.2) is 52.2 Å². The van der Waals surface area contributed by atoms with E-state index in [1.165, 1.54) is 25.9 Å². The van der Waals surface area contributed by atoms with E-state index in [9.17, 15) is 9.59 Å². The maximum Gasteiger partial charge on any atom is 0.251 e. The molecule has 0 spiro atoms. The summed E-state index contributed by atoms with van der Waals surface area (Å²) in [6.45, 7) is 6.30. The first kappa shape index (κ1) is 23.3. The molecule has 0 bridgehead atoms. The third-order valence-corrected chi connectivity index (χ3v) is 7.11. The number of rotatable bonds is 8. The van der Waals surface area contributed by atoms with Crippen molar-refractivity contribution in [2.24, 2.45) is 0 Å². The van der Waals surface area contributed by atoms with Crippen LogP contribution in [0.3, 0.4) is 0 Å². The van der Waals surface area contributed by atoms with Gasteiger partial charge in [-0.25, -0.2) is 4.68 Å². The highest BCUT2D eigenvalue weighted by molar-refractivity contribution is 5.95. The van der Waals surface area contributed by atoms with Crippen LogP contribution in [0.25, 0.3) is 11.3 Å². The molecule has 2 aromatic carbocycles. The molecular weight excluding hydrogens is 438 g/mol. The average molecular weight is 472 g/mol. The zero-order valence-electron chi connectivity index (χ0n) is 20.3. The first-order valence-corrected chi connectivity index (χ1v) is 12.6. The van der Waals surface area contributed by atoms with Gasteiger partial charge in [-0.05, 0) is 57.0 Å². The smallest absolute Gasteiger partial charge is 0.251 e. The van der Waals surface area contributed by atoms with Gasteiger partial charge in [-0.3, -0.25) is 14.5 Å². The quantitative estimate of drug-likeness (QED) is 0.537. The number of anilines is 1. The molecular formula is C28H33N5O2. The number of nitrogens with zero attached hydrogens (tertiary/aromatic N) is 4. The van der Waals surface area contributed by atoms with Crippen LogP contribution in [0.15, 0.2) is 60.7 Å². The van der Waals surface area contributed by atoms with Crippen molar-refractivity contribution in [3.05, 3.63) is 71.8 Å². The number of carbonyl (C=O) groups excluding carboxylic acids is 2. The molecule has 5 rings (SSSR count). The lowest BCUT2D eigenvalue weighted by molar-refractivity contribution is -0.119. The van der Waals surface area contributed by atoms with Gasteiger partial charge >= 0.3 is 0 Å². The number of nitrogens with one attached hydrogen (secondary N) is 1. The van der Waals surface area contributed by atoms with Crippen LogP contribution in [0.1, 0.15) is 48.5 Å². The molecule has 1 saturated heterocycles. The molecule has 1 aromatic heterocycles. The molecule has 35 heavy (non-hydrogen) atoms. The van der Waals surface area contributed by atoms with Gasteiger partial charge in [-0.2, -0.15) is 5.10 Å². The molecule has 3 heterocycles. The molecule has 2 amide bonds. The van der Waals surface area contributed by atoms with Crippen molar-refractivity contribution >= 4 is 17.6 Å². The Labute approximate surface area is 206 Å². The Morgan fingerprint density at radius 2 is 1.77 bits per heavy atom. The number of hydrogen-bond acceptors (Lipinski definition) is 4. The van der Waals surface area contributed by atoms with Crippen LogP contribution in [0, 0.1) is 0 Å². The molecule has 1 atom stereocenters. The fraction of sp³-hybridized carbons (Fsp3) is 0.393. The van der Waals surface area contributed by atoms with Crippen molar-refractivity contribution in [2.75, 3.05) is 24.5 Å². The van der Waals surface area contributed by atoms with Crippen LogP contribution in [-0.2, 0) is 17.9 Å². The second kappa shape index (κ2) is 10.4. The van der Waals surface area contributed by atoms with E-state index >= 15 is 0 Å². The summed E-state index contributed by atoms with van der Waals surface area (Å²) in [4.78, 5) is 29.7. The van der Waals surface area contributed by atoms with Gasteiger partial charge in [0.05, 0.1) is 18.8 Å². The van der Waals surface area contributed by atoms with E-state index in [2.05, 4.69) is 17.1 Å². The minimum Gasteiger partial charge on any atom is -0.352 e. The highest BCUT2D eigenvalue weighted by Gasteiger charge is 2.26. The largest absolute Gasteiger partial charge is 0.352 e. The fourth-order valence-electron chi connectivity index (χ4n) is 4.98. The normalized spacial score (nSPS) is 16.8. The number of fused-ring (bicyclic) bond motifs is 1. The number of hydrogen-bond donors (Lipinski definition) is 1. The van der Waals surface area contributed by atoms with Crippen molar-refractivity contribution in [1.29, 1.82) is 0 Å². The molecule has 1 N–H and O–H groups in total. The highest BCUT2D eigenvalue weighted by Crippen LogP contribution is 2.29. The zero-order valence-corrected chi connectivity index (χ0v) is 20.3. The summed E-state index contributed by atoms with van der Waals surface area (Å²) in [5.41, 5.74) is 3.52. The molecule has 1 fully saturated rings. The minimum absolute atomic E-state index is 0.0511. The van der Waals surface area contributed by atoms with Gasteiger partial charge in [0, 0.05) is 36.2 Å². The summed E-state index contributed by atoms with van der Waals surface area (Å²) in [6.07, 6.45) is 3.95. The fourth-order valence-corrected chi connectivity index (χ4v) is 4.98. The molecule has 0 saturated carbocycles. The van der Waals surface area contributed by atoms with Crippen molar-refractivity contribution in [2.45, 2.75) is 51.7 Å². The Morgan fingerprint density at radius 1 is 1.03 bits per heavy atom. The lowest BCUT2D eigenvalue weighted by Crippen LogP contribution is -2.37. The molecule has 182 valence electrons. The number of aromatic nitrogens is 2. The van der Waals surface area contributed by atoms with Gasteiger partial charge in [-0.15, -0.1) is 0 Å². The van der Waals surface area contributed by atoms with E-state index in [-0.39, 0.29) is 11.8 Å². The maximum atomic E-state index is 12.8. The second-order valence-electron chi connectivity index (χ2n) is 9.54. The summed E-state index contributed by atoms with van der Waals surface area (Å²) in [7, 11) is 0. The Morgan fingerprint density at radius 3 is 2.51 bits per heavy atom. The van der Waals surface area contributed by atoms with Crippen LogP contribution in [0.5, 0.6) is 0 Å². The number of amides is 2. The van der Waals surface area contributed by atoms with Gasteiger partial charge in [-0.1, -0.05) is 42.5 Å². The second-order valence-corrected chi connectivity index (χ2v) is 9.54. The molecule has 2 aliphatic heterocycles. The standard InChI is InChI=1S/C28H33N5O2/c1-21(31-16-5-6-17-31)13-15-29-28(35)24-11-9-22(10-12-24)20-32-26-19-25(23-7-3-2-4-8-23)30-33(26)18-14-27(32)34/h2-4,7-12,19,21H,5-6,13-18,20H2,1H3,(H,29,35). The Kier molecular flexibility index (Phi) is 6.95. The van der Waals surface area contributed by atoms with E-state index in [0.717, 1.165) is 29.1 Å². The van der Waals surface area contributed by atoms with Crippen molar-refractivity contribution in [1.82, 2.24) is 20.0 Å². The van der Waals surface area contributed by atoms with E-state index in [1.807, 2.05) is 65.3 Å². The lowest BCUT2D eigenvalue weighted by atomic mass is 10.1. The van der Waals surface area contributed by atoms with Crippen molar-refractivity contribution in [3.63, 3.8) is 0 Å². The number of carbonyl (C=O) groups is 2. The van der Waals surface area contributed by atoms with Crippen LogP contribution in [0.2, 0.25) is 0 Å². The van der Waals surface area contributed by atoms with Crippen molar-refractivity contribution in [3.8, 4) is 11.3 Å². The van der Waals surface area contributed by atoms with E-state index in [0.29, 0.717) is 37.7 Å². The number of benzene rings is 2. The molecule has 0 aliphatic carbocycles. The van der Waals surface area contributed by atoms with Gasteiger partial charge < -0.3 is 10.2 Å². The van der Waals surface area contributed by atoms with E-state index in [1.54, 1.807) is 4.90 Å². The van der Waals surface area contributed by atoms with E-state index < -0.39 is 0 Å². The number of aryl methyl sites for hydroxylation is 1. The summed E-state index contributed by atoms with van der Waals surface area (Å²) < 4.78 is 1.91. The molecule has 0 radical (unpaired) electrons. The number of likely N-dealkylation sites (tertiary alicyclic amines) is 1. The third kappa shape index (κ3) is 5.30. The van der Waals surface area contributed by atoms with Crippen LogP contribution in [0.4, 0.5) is 5.82 Å². The molecule has 7 heteroatoms. The Hall–Kier alpha value is -3.45. The Bertz CT molecular complexity index is 1170. The first-order chi connectivity index (χ1) is 17.1. The van der Waals surface area contributed by atoms with E-state index in [4.69, 9.17) is 5.10 Å².